The number of likely N-dealkylation sites (N-methyl/N-ethyl adjacent to an activating group) is 1. The van der Waals surface area contributed by atoms with E-state index >= 15 is 0 Å². The summed E-state index contributed by atoms with van der Waals surface area (Å²) in [5.74, 6) is 0.962. The Morgan fingerprint density at radius 1 is 1.39 bits per heavy atom. The van der Waals surface area contributed by atoms with Gasteiger partial charge in [0.2, 0.25) is 0 Å². The molecule has 0 saturated heterocycles. The molecule has 0 spiro atoms. The van der Waals surface area contributed by atoms with Gasteiger partial charge in [0.1, 0.15) is 0 Å². The second-order valence-electron chi connectivity index (χ2n) is 5.83. The number of nitrogens with zero attached hydrogens (tertiary/aromatic N) is 4. The van der Waals surface area contributed by atoms with Crippen LogP contribution in [0.4, 0.5) is 0 Å². The van der Waals surface area contributed by atoms with Gasteiger partial charge in [0, 0.05) is 31.9 Å². The lowest BCUT2D eigenvalue weighted by atomic mass is 10.4. The zero-order valence-electron chi connectivity index (χ0n) is 11.2. The third kappa shape index (κ3) is 3.78. The molecule has 1 N–H and O–H groups in total. The molecular weight excluding hydrogens is 226 g/mol. The first-order valence-corrected chi connectivity index (χ1v) is 7.10. The van der Waals surface area contributed by atoms with Gasteiger partial charge in [0.15, 0.2) is 0 Å². The molecule has 0 bridgehead atoms. The predicted octanol–water partition coefficient (Wildman–Crippen LogP) is 0.872. The molecule has 0 amide bonds. The smallest absolute Gasteiger partial charge is 0.0964 e. The van der Waals surface area contributed by atoms with Crippen molar-refractivity contribution in [3.05, 3.63) is 11.9 Å². The summed E-state index contributed by atoms with van der Waals surface area (Å²) in [4.78, 5) is 2.40. The molecule has 2 aliphatic carbocycles. The number of rotatable bonds is 8. The van der Waals surface area contributed by atoms with Crippen molar-refractivity contribution < 1.29 is 0 Å². The van der Waals surface area contributed by atoms with Crippen molar-refractivity contribution in [2.75, 3.05) is 20.1 Å². The Hall–Kier alpha value is -0.940. The van der Waals surface area contributed by atoms with Gasteiger partial charge in [-0.1, -0.05) is 5.21 Å². The summed E-state index contributed by atoms with van der Waals surface area (Å²) in [5.41, 5.74) is 1.06. The summed E-state index contributed by atoms with van der Waals surface area (Å²) in [7, 11) is 2.20. The molecule has 5 heteroatoms. The lowest BCUT2D eigenvalue weighted by Gasteiger charge is -2.15. The van der Waals surface area contributed by atoms with Crippen molar-refractivity contribution in [1.82, 2.24) is 25.2 Å². The number of nitrogens with one attached hydrogen (secondary N) is 1. The van der Waals surface area contributed by atoms with Gasteiger partial charge < -0.3 is 10.2 Å². The number of aromatic nitrogens is 3. The standard InChI is InChI=1S/C13H23N5/c1-17(9-11-2-3-11)6-7-18-10-13(15-16-18)8-14-12-4-5-12/h10-12,14H,2-9H2,1H3. The topological polar surface area (TPSA) is 46.0 Å². The van der Waals surface area contributed by atoms with Gasteiger partial charge in [-0.25, -0.2) is 0 Å². The van der Waals surface area contributed by atoms with E-state index in [1.807, 2.05) is 4.68 Å². The van der Waals surface area contributed by atoms with E-state index in [1.165, 1.54) is 32.2 Å². The highest BCUT2D eigenvalue weighted by Crippen LogP contribution is 2.29. The Morgan fingerprint density at radius 3 is 2.94 bits per heavy atom. The van der Waals surface area contributed by atoms with Crippen LogP contribution < -0.4 is 5.32 Å². The molecule has 18 heavy (non-hydrogen) atoms. The Labute approximate surface area is 109 Å². The Balaban J connectivity index is 1.38. The first kappa shape index (κ1) is 12.1. The van der Waals surface area contributed by atoms with Gasteiger partial charge in [-0.3, -0.25) is 4.68 Å². The molecule has 5 nitrogen and oxygen atoms in total. The average Bonchev–Trinajstić information content (AvgIpc) is 3.27. The van der Waals surface area contributed by atoms with Gasteiger partial charge in [0.25, 0.3) is 0 Å². The molecule has 0 unspecified atom stereocenters. The van der Waals surface area contributed by atoms with Crippen molar-refractivity contribution >= 4 is 0 Å². The maximum Gasteiger partial charge on any atom is 0.0964 e. The summed E-state index contributed by atoms with van der Waals surface area (Å²) in [5, 5.41) is 11.8. The second kappa shape index (κ2) is 5.36. The van der Waals surface area contributed by atoms with E-state index in [9.17, 15) is 0 Å². The summed E-state index contributed by atoms with van der Waals surface area (Å²) in [6, 6.07) is 0.736. The van der Waals surface area contributed by atoms with Crippen molar-refractivity contribution in [1.29, 1.82) is 0 Å². The normalized spacial score (nSPS) is 19.7. The second-order valence-corrected chi connectivity index (χ2v) is 5.83. The minimum atomic E-state index is 0.736. The van der Waals surface area contributed by atoms with Crippen LogP contribution in [0.1, 0.15) is 31.4 Å². The quantitative estimate of drug-likeness (QED) is 0.742. The first-order valence-electron chi connectivity index (χ1n) is 7.10. The molecule has 0 radical (unpaired) electrons. The fourth-order valence-corrected chi connectivity index (χ4v) is 2.17. The lowest BCUT2D eigenvalue weighted by Crippen LogP contribution is -2.25. The monoisotopic (exact) mass is 249 g/mol. The largest absolute Gasteiger partial charge is 0.308 e. The van der Waals surface area contributed by atoms with Crippen molar-refractivity contribution in [3.8, 4) is 0 Å². The highest BCUT2D eigenvalue weighted by Gasteiger charge is 2.22. The molecule has 0 atom stereocenters. The highest BCUT2D eigenvalue weighted by atomic mass is 15.4. The Kier molecular flexibility index (Phi) is 3.61. The van der Waals surface area contributed by atoms with Gasteiger partial charge in [-0.15, -0.1) is 5.10 Å². The molecule has 2 fully saturated rings. The number of hydrogen-bond donors (Lipinski definition) is 1. The third-order valence-corrected chi connectivity index (χ3v) is 3.71. The lowest BCUT2D eigenvalue weighted by molar-refractivity contribution is 0.299. The summed E-state index contributed by atoms with van der Waals surface area (Å²) < 4.78 is 1.97. The van der Waals surface area contributed by atoms with E-state index in [4.69, 9.17) is 0 Å². The van der Waals surface area contributed by atoms with Crippen molar-refractivity contribution in [3.63, 3.8) is 0 Å². The van der Waals surface area contributed by atoms with Gasteiger partial charge in [-0.2, -0.15) is 0 Å². The van der Waals surface area contributed by atoms with Crippen LogP contribution in [0, 0.1) is 5.92 Å². The first-order chi connectivity index (χ1) is 8.79. The van der Waals surface area contributed by atoms with E-state index in [0.29, 0.717) is 0 Å². The molecule has 1 aromatic heterocycles. The van der Waals surface area contributed by atoms with Crippen LogP contribution in [-0.2, 0) is 13.1 Å². The van der Waals surface area contributed by atoms with Crippen LogP contribution in [0.5, 0.6) is 0 Å². The molecule has 100 valence electrons. The minimum Gasteiger partial charge on any atom is -0.308 e. The van der Waals surface area contributed by atoms with E-state index in [1.54, 1.807) is 0 Å². The van der Waals surface area contributed by atoms with E-state index < -0.39 is 0 Å². The Morgan fingerprint density at radius 2 is 2.22 bits per heavy atom. The molecule has 3 rings (SSSR count). The molecule has 0 aliphatic heterocycles. The fourth-order valence-electron chi connectivity index (χ4n) is 2.17. The summed E-state index contributed by atoms with van der Waals surface area (Å²) in [6.07, 6.45) is 7.55. The van der Waals surface area contributed by atoms with Gasteiger partial charge >= 0.3 is 0 Å². The minimum absolute atomic E-state index is 0.736. The van der Waals surface area contributed by atoms with Crippen LogP contribution in [0.25, 0.3) is 0 Å². The Bertz CT molecular complexity index is 380. The summed E-state index contributed by atoms with van der Waals surface area (Å²) in [6.45, 7) is 4.11. The van der Waals surface area contributed by atoms with Crippen LogP contribution >= 0.6 is 0 Å². The molecule has 0 aromatic carbocycles. The molecule has 2 aliphatic rings. The molecule has 2 saturated carbocycles. The van der Waals surface area contributed by atoms with E-state index in [-0.39, 0.29) is 0 Å². The SMILES string of the molecule is CN(CCn1cc(CNC2CC2)nn1)CC1CC1. The van der Waals surface area contributed by atoms with Gasteiger partial charge in [0.05, 0.1) is 12.2 Å². The van der Waals surface area contributed by atoms with Gasteiger partial charge in [-0.05, 0) is 38.6 Å². The predicted molar refractivity (Wildman–Crippen MR) is 70.1 cm³/mol. The molecular formula is C13H23N5. The van der Waals surface area contributed by atoms with Crippen molar-refractivity contribution in [2.45, 2.75) is 44.8 Å². The zero-order valence-corrected chi connectivity index (χ0v) is 11.2. The molecule has 1 heterocycles. The van der Waals surface area contributed by atoms with Crippen LogP contribution in [-0.4, -0.2) is 46.1 Å². The summed E-state index contributed by atoms with van der Waals surface area (Å²) >= 11 is 0. The van der Waals surface area contributed by atoms with Crippen LogP contribution in [0.15, 0.2) is 6.20 Å². The third-order valence-electron chi connectivity index (χ3n) is 3.71. The zero-order chi connectivity index (χ0) is 12.4. The maximum atomic E-state index is 4.20. The fraction of sp³-hybridized carbons (Fsp3) is 0.846. The highest BCUT2D eigenvalue weighted by molar-refractivity contribution is 4.94. The maximum absolute atomic E-state index is 4.20. The van der Waals surface area contributed by atoms with Crippen molar-refractivity contribution in [2.24, 2.45) is 5.92 Å². The van der Waals surface area contributed by atoms with Crippen LogP contribution in [0.3, 0.4) is 0 Å². The van der Waals surface area contributed by atoms with E-state index in [2.05, 4.69) is 33.8 Å². The average molecular weight is 249 g/mol. The number of hydrogen-bond acceptors (Lipinski definition) is 4. The van der Waals surface area contributed by atoms with Crippen LogP contribution in [0.2, 0.25) is 0 Å². The molecule has 1 aromatic rings. The van der Waals surface area contributed by atoms with E-state index in [0.717, 1.165) is 37.3 Å².